The largest absolute Gasteiger partial charge is 0.468 e. The van der Waals surface area contributed by atoms with E-state index in [1.807, 2.05) is 6.26 Å². The van der Waals surface area contributed by atoms with Crippen LogP contribution < -0.4 is 5.32 Å². The molecular formula is C17H28N2O. The molecule has 0 bridgehead atoms. The van der Waals surface area contributed by atoms with Crippen molar-refractivity contribution in [1.82, 2.24) is 10.2 Å². The van der Waals surface area contributed by atoms with Gasteiger partial charge in [-0.05, 0) is 57.2 Å². The Morgan fingerprint density at radius 2 is 2.20 bits per heavy atom. The Kier molecular flexibility index (Phi) is 4.79. The van der Waals surface area contributed by atoms with Crippen molar-refractivity contribution in [2.24, 2.45) is 5.92 Å². The number of nitrogens with zero attached hydrogens (tertiary/aromatic N) is 1. The lowest BCUT2D eigenvalue weighted by atomic mass is 9.92. The van der Waals surface area contributed by atoms with Gasteiger partial charge in [0.2, 0.25) is 0 Å². The third-order valence-corrected chi connectivity index (χ3v) is 4.93. The van der Waals surface area contributed by atoms with Gasteiger partial charge in [0.15, 0.2) is 0 Å². The summed E-state index contributed by atoms with van der Waals surface area (Å²) in [6.45, 7) is 6.47. The highest BCUT2D eigenvalue weighted by atomic mass is 16.3. The molecule has 2 heterocycles. The first-order chi connectivity index (χ1) is 9.86. The van der Waals surface area contributed by atoms with Crippen molar-refractivity contribution in [3.05, 3.63) is 23.7 Å². The van der Waals surface area contributed by atoms with Gasteiger partial charge in [-0.2, -0.15) is 0 Å². The third-order valence-electron chi connectivity index (χ3n) is 4.93. The number of likely N-dealkylation sites (tertiary alicyclic amines) is 1. The second kappa shape index (κ2) is 6.77. The summed E-state index contributed by atoms with van der Waals surface area (Å²) in [5, 5.41) is 3.43. The average Bonchev–Trinajstić information content (AvgIpc) is 3.09. The van der Waals surface area contributed by atoms with Gasteiger partial charge in [0.05, 0.1) is 12.8 Å². The molecule has 2 atom stereocenters. The van der Waals surface area contributed by atoms with Crippen molar-refractivity contribution in [1.29, 1.82) is 0 Å². The van der Waals surface area contributed by atoms with E-state index in [-0.39, 0.29) is 0 Å². The minimum atomic E-state index is 0.829. The van der Waals surface area contributed by atoms with E-state index in [4.69, 9.17) is 4.42 Å². The van der Waals surface area contributed by atoms with Crippen LogP contribution in [0.25, 0.3) is 0 Å². The van der Waals surface area contributed by atoms with Crippen LogP contribution in [-0.2, 0) is 13.1 Å². The Morgan fingerprint density at radius 3 is 3.10 bits per heavy atom. The van der Waals surface area contributed by atoms with Gasteiger partial charge < -0.3 is 9.73 Å². The molecule has 1 saturated carbocycles. The summed E-state index contributed by atoms with van der Waals surface area (Å²) in [5.41, 5.74) is 1.29. The van der Waals surface area contributed by atoms with E-state index in [0.29, 0.717) is 0 Å². The SMILES string of the molecule is CCCNCc1coc(CN2CCCC3CCCC32)c1. The van der Waals surface area contributed by atoms with E-state index in [1.165, 1.54) is 50.6 Å². The molecule has 2 aliphatic rings. The fourth-order valence-corrected chi connectivity index (χ4v) is 3.96. The first-order valence-corrected chi connectivity index (χ1v) is 8.38. The van der Waals surface area contributed by atoms with Gasteiger partial charge in [-0.25, -0.2) is 0 Å². The zero-order valence-corrected chi connectivity index (χ0v) is 12.7. The van der Waals surface area contributed by atoms with Crippen molar-refractivity contribution in [2.45, 2.75) is 64.6 Å². The number of hydrogen-bond donors (Lipinski definition) is 1. The normalized spacial score (nSPS) is 26.9. The van der Waals surface area contributed by atoms with Crippen LogP contribution in [0.2, 0.25) is 0 Å². The molecule has 1 N–H and O–H groups in total. The van der Waals surface area contributed by atoms with Crippen LogP contribution in [-0.4, -0.2) is 24.0 Å². The predicted molar refractivity (Wildman–Crippen MR) is 81.5 cm³/mol. The molecule has 2 fully saturated rings. The molecule has 0 amide bonds. The van der Waals surface area contributed by atoms with Crippen molar-refractivity contribution < 1.29 is 4.42 Å². The summed E-state index contributed by atoms with van der Waals surface area (Å²) in [4.78, 5) is 2.67. The lowest BCUT2D eigenvalue weighted by Crippen LogP contribution is -2.41. The lowest BCUT2D eigenvalue weighted by Gasteiger charge is -2.37. The molecule has 1 saturated heterocycles. The van der Waals surface area contributed by atoms with Crippen LogP contribution in [0.5, 0.6) is 0 Å². The second-order valence-corrected chi connectivity index (χ2v) is 6.47. The number of rotatable bonds is 6. The third kappa shape index (κ3) is 3.26. The van der Waals surface area contributed by atoms with Crippen LogP contribution in [0.1, 0.15) is 56.8 Å². The lowest BCUT2D eigenvalue weighted by molar-refractivity contribution is 0.0979. The van der Waals surface area contributed by atoms with E-state index < -0.39 is 0 Å². The molecule has 1 aromatic rings. The van der Waals surface area contributed by atoms with Crippen molar-refractivity contribution in [3.63, 3.8) is 0 Å². The first kappa shape index (κ1) is 14.2. The number of hydrogen-bond acceptors (Lipinski definition) is 3. The Morgan fingerprint density at radius 1 is 1.30 bits per heavy atom. The monoisotopic (exact) mass is 276 g/mol. The quantitative estimate of drug-likeness (QED) is 0.806. The minimum absolute atomic E-state index is 0.829. The van der Waals surface area contributed by atoms with Crippen LogP contribution in [0, 0.1) is 5.92 Å². The van der Waals surface area contributed by atoms with Crippen LogP contribution in [0.15, 0.2) is 16.7 Å². The Bertz CT molecular complexity index is 415. The van der Waals surface area contributed by atoms with Crippen molar-refractivity contribution >= 4 is 0 Å². The maximum atomic E-state index is 5.76. The number of nitrogens with one attached hydrogen (secondary N) is 1. The molecule has 20 heavy (non-hydrogen) atoms. The van der Waals surface area contributed by atoms with E-state index in [2.05, 4.69) is 23.2 Å². The number of piperidine rings is 1. The van der Waals surface area contributed by atoms with Crippen LogP contribution >= 0.6 is 0 Å². The van der Waals surface area contributed by atoms with E-state index in [9.17, 15) is 0 Å². The van der Waals surface area contributed by atoms with E-state index in [1.54, 1.807) is 0 Å². The van der Waals surface area contributed by atoms with Crippen LogP contribution in [0.4, 0.5) is 0 Å². The number of fused-ring (bicyclic) bond motifs is 1. The minimum Gasteiger partial charge on any atom is -0.468 e. The maximum absolute atomic E-state index is 5.76. The van der Waals surface area contributed by atoms with Crippen LogP contribution in [0.3, 0.4) is 0 Å². The molecule has 3 nitrogen and oxygen atoms in total. The summed E-state index contributed by atoms with van der Waals surface area (Å²) in [6, 6.07) is 3.07. The highest BCUT2D eigenvalue weighted by Gasteiger charge is 2.35. The summed E-state index contributed by atoms with van der Waals surface area (Å²) >= 11 is 0. The Hall–Kier alpha value is -0.800. The zero-order valence-electron chi connectivity index (χ0n) is 12.7. The van der Waals surface area contributed by atoms with Gasteiger partial charge in [0.1, 0.15) is 5.76 Å². The molecule has 0 radical (unpaired) electrons. The Labute approximate surface area is 122 Å². The van der Waals surface area contributed by atoms with Gasteiger partial charge in [-0.3, -0.25) is 4.90 Å². The first-order valence-electron chi connectivity index (χ1n) is 8.38. The average molecular weight is 276 g/mol. The smallest absolute Gasteiger partial charge is 0.118 e. The second-order valence-electron chi connectivity index (χ2n) is 6.47. The van der Waals surface area contributed by atoms with Gasteiger partial charge in [0.25, 0.3) is 0 Å². The van der Waals surface area contributed by atoms with E-state index in [0.717, 1.165) is 37.4 Å². The van der Waals surface area contributed by atoms with Crippen molar-refractivity contribution in [3.8, 4) is 0 Å². The molecule has 0 aromatic carbocycles. The summed E-state index contributed by atoms with van der Waals surface area (Å²) in [6.07, 6.45) is 10.2. The molecule has 1 aliphatic carbocycles. The molecule has 0 spiro atoms. The summed E-state index contributed by atoms with van der Waals surface area (Å²) in [7, 11) is 0. The highest BCUT2D eigenvalue weighted by molar-refractivity contribution is 5.13. The molecule has 1 aliphatic heterocycles. The zero-order chi connectivity index (χ0) is 13.8. The highest BCUT2D eigenvalue weighted by Crippen LogP contribution is 2.37. The Balaban J connectivity index is 1.54. The maximum Gasteiger partial charge on any atom is 0.118 e. The van der Waals surface area contributed by atoms with Gasteiger partial charge in [-0.15, -0.1) is 0 Å². The molecule has 112 valence electrons. The fraction of sp³-hybridized carbons (Fsp3) is 0.765. The predicted octanol–water partition coefficient (Wildman–Crippen LogP) is 3.54. The van der Waals surface area contributed by atoms with Crippen molar-refractivity contribution in [2.75, 3.05) is 13.1 Å². The molecule has 3 rings (SSSR count). The van der Waals surface area contributed by atoms with E-state index >= 15 is 0 Å². The molecule has 1 aromatic heterocycles. The summed E-state index contributed by atoms with van der Waals surface area (Å²) in [5.74, 6) is 2.11. The van der Waals surface area contributed by atoms with Gasteiger partial charge in [-0.1, -0.05) is 13.3 Å². The van der Waals surface area contributed by atoms with Gasteiger partial charge >= 0.3 is 0 Å². The van der Waals surface area contributed by atoms with Gasteiger partial charge in [0, 0.05) is 18.2 Å². The molecular weight excluding hydrogens is 248 g/mol. The fourth-order valence-electron chi connectivity index (χ4n) is 3.96. The molecule has 3 heteroatoms. The summed E-state index contributed by atoms with van der Waals surface area (Å²) < 4.78 is 5.76. The topological polar surface area (TPSA) is 28.4 Å². The standard InChI is InChI=1S/C17H28N2O/c1-2-8-18-11-14-10-16(20-13-14)12-19-9-4-6-15-5-3-7-17(15)19/h10,13,15,17-18H,2-9,11-12H2,1H3. The molecule has 2 unspecified atom stereocenters. The number of furan rings is 1.